The van der Waals surface area contributed by atoms with Crippen LogP contribution < -0.4 is 5.48 Å². The van der Waals surface area contributed by atoms with Crippen LogP contribution in [0.5, 0.6) is 0 Å². The Bertz CT molecular complexity index is 944. The van der Waals surface area contributed by atoms with Crippen LogP contribution in [0, 0.1) is 5.41 Å². The largest absolute Gasteiger partial charge is 0.352 e. The van der Waals surface area contributed by atoms with Crippen LogP contribution in [0.2, 0.25) is 0 Å². The highest BCUT2D eigenvalue weighted by atomic mass is 16.5. The summed E-state index contributed by atoms with van der Waals surface area (Å²) < 4.78 is 4.26. The van der Waals surface area contributed by atoms with Gasteiger partial charge in [-0.1, -0.05) is 26.8 Å². The molecular formula is C20H24N4O2. The number of hydroxylamine groups is 1. The van der Waals surface area contributed by atoms with Gasteiger partial charge < -0.3 is 4.57 Å². The Morgan fingerprint density at radius 1 is 1.31 bits per heavy atom. The third kappa shape index (κ3) is 4.21. The van der Waals surface area contributed by atoms with Crippen LogP contribution in [-0.2, 0) is 11.3 Å². The second kappa shape index (κ2) is 7.17. The average Bonchev–Trinajstić information content (AvgIpc) is 3.23. The zero-order valence-electron chi connectivity index (χ0n) is 15.3. The van der Waals surface area contributed by atoms with Gasteiger partial charge in [0.05, 0.1) is 16.7 Å². The van der Waals surface area contributed by atoms with Crippen molar-refractivity contribution in [2.24, 2.45) is 5.41 Å². The molecule has 2 N–H and O–H groups in total. The van der Waals surface area contributed by atoms with Gasteiger partial charge in [-0.05, 0) is 41.7 Å². The van der Waals surface area contributed by atoms with E-state index in [1.165, 1.54) is 6.08 Å². The van der Waals surface area contributed by atoms with E-state index in [4.69, 9.17) is 5.21 Å². The number of benzene rings is 1. The number of hydrogen-bond donors (Lipinski definition) is 2. The first-order chi connectivity index (χ1) is 12.4. The summed E-state index contributed by atoms with van der Waals surface area (Å²) in [7, 11) is 0. The second-order valence-corrected chi connectivity index (χ2v) is 7.59. The minimum atomic E-state index is -0.563. The summed E-state index contributed by atoms with van der Waals surface area (Å²) in [5, 5.41) is 8.53. The van der Waals surface area contributed by atoms with Gasteiger partial charge in [-0.25, -0.2) is 10.5 Å². The SMILES string of the molecule is CC(C)(C)CCn1ccc(-n2cnc3cc(/C=C/C(=O)NO)ccc32)c1. The highest BCUT2D eigenvalue weighted by Gasteiger charge is 2.11. The summed E-state index contributed by atoms with van der Waals surface area (Å²) in [5.41, 5.74) is 5.64. The van der Waals surface area contributed by atoms with Crippen LogP contribution in [0.1, 0.15) is 32.8 Å². The summed E-state index contributed by atoms with van der Waals surface area (Å²) in [6, 6.07) is 7.89. The zero-order valence-corrected chi connectivity index (χ0v) is 15.3. The lowest BCUT2D eigenvalue weighted by molar-refractivity contribution is -0.124. The van der Waals surface area contributed by atoms with E-state index in [1.54, 1.807) is 11.6 Å². The predicted octanol–water partition coefficient (Wildman–Crippen LogP) is 3.78. The molecule has 136 valence electrons. The fourth-order valence-corrected chi connectivity index (χ4v) is 2.72. The fraction of sp³-hybridized carbons (Fsp3) is 0.300. The van der Waals surface area contributed by atoms with Crippen LogP contribution in [0.3, 0.4) is 0 Å². The molecule has 2 aromatic heterocycles. The lowest BCUT2D eigenvalue weighted by atomic mass is 9.92. The molecule has 2 heterocycles. The van der Waals surface area contributed by atoms with E-state index >= 15 is 0 Å². The molecule has 0 atom stereocenters. The monoisotopic (exact) mass is 352 g/mol. The first kappa shape index (κ1) is 17.9. The Morgan fingerprint density at radius 3 is 2.85 bits per heavy atom. The lowest BCUT2D eigenvalue weighted by Crippen LogP contribution is -2.14. The topological polar surface area (TPSA) is 72.1 Å². The standard InChI is InChI=1S/C20H24N4O2/c1-20(2,3)9-11-23-10-8-16(13-23)24-14-21-17-12-15(4-6-18(17)24)5-7-19(25)22-26/h4-8,10,12-14,26H,9,11H2,1-3H3,(H,22,25)/b7-5+. The maximum Gasteiger partial charge on any atom is 0.267 e. The Hall–Kier alpha value is -2.86. The Labute approximate surface area is 152 Å². The number of amides is 1. The maximum absolute atomic E-state index is 11.1. The molecule has 3 aromatic rings. The fourth-order valence-electron chi connectivity index (χ4n) is 2.72. The predicted molar refractivity (Wildman–Crippen MR) is 102 cm³/mol. The number of imidazole rings is 1. The van der Waals surface area contributed by atoms with E-state index in [0.717, 1.165) is 35.2 Å². The molecule has 0 fully saturated rings. The molecule has 0 saturated carbocycles. The van der Waals surface area contributed by atoms with Crippen molar-refractivity contribution in [3.63, 3.8) is 0 Å². The van der Waals surface area contributed by atoms with E-state index < -0.39 is 5.91 Å². The number of carbonyl (C=O) groups excluding carboxylic acids is 1. The molecule has 0 spiro atoms. The number of hydrogen-bond acceptors (Lipinski definition) is 3. The number of aromatic nitrogens is 3. The van der Waals surface area contributed by atoms with Crippen LogP contribution in [0.25, 0.3) is 22.8 Å². The van der Waals surface area contributed by atoms with Crippen LogP contribution in [0.4, 0.5) is 0 Å². The van der Waals surface area contributed by atoms with Gasteiger partial charge in [0.2, 0.25) is 0 Å². The van der Waals surface area contributed by atoms with E-state index in [0.29, 0.717) is 5.41 Å². The smallest absolute Gasteiger partial charge is 0.267 e. The quantitative estimate of drug-likeness (QED) is 0.417. The van der Waals surface area contributed by atoms with Crippen LogP contribution >= 0.6 is 0 Å². The van der Waals surface area contributed by atoms with Crippen molar-refractivity contribution in [1.29, 1.82) is 0 Å². The van der Waals surface area contributed by atoms with Crippen molar-refractivity contribution in [3.05, 3.63) is 54.6 Å². The number of fused-ring (bicyclic) bond motifs is 1. The van der Waals surface area contributed by atoms with Crippen molar-refractivity contribution in [2.75, 3.05) is 0 Å². The average molecular weight is 352 g/mol. The molecule has 0 unspecified atom stereocenters. The molecule has 0 radical (unpaired) electrons. The van der Waals surface area contributed by atoms with Crippen LogP contribution in [-0.4, -0.2) is 25.2 Å². The molecule has 3 rings (SSSR count). The lowest BCUT2D eigenvalue weighted by Gasteiger charge is -2.18. The van der Waals surface area contributed by atoms with Crippen molar-refractivity contribution < 1.29 is 10.0 Å². The van der Waals surface area contributed by atoms with E-state index in [9.17, 15) is 4.79 Å². The van der Waals surface area contributed by atoms with Gasteiger partial charge in [-0.3, -0.25) is 14.6 Å². The van der Waals surface area contributed by atoms with Gasteiger partial charge in [-0.15, -0.1) is 0 Å². The summed E-state index contributed by atoms with van der Waals surface area (Å²) in [5.74, 6) is -0.563. The molecular weight excluding hydrogens is 328 g/mol. The minimum absolute atomic E-state index is 0.309. The molecule has 1 aromatic carbocycles. The van der Waals surface area contributed by atoms with Gasteiger partial charge in [0.15, 0.2) is 0 Å². The molecule has 0 aliphatic heterocycles. The molecule has 0 saturated heterocycles. The molecule has 6 nitrogen and oxygen atoms in total. The molecule has 6 heteroatoms. The normalized spacial score (nSPS) is 12.2. The number of nitrogens with zero attached hydrogens (tertiary/aromatic N) is 3. The van der Waals surface area contributed by atoms with Crippen molar-refractivity contribution in [3.8, 4) is 5.69 Å². The van der Waals surface area contributed by atoms with E-state index in [1.807, 2.05) is 24.5 Å². The number of nitrogens with one attached hydrogen (secondary N) is 1. The number of aryl methyl sites for hydroxylation is 1. The molecule has 1 amide bonds. The minimum Gasteiger partial charge on any atom is -0.352 e. The van der Waals surface area contributed by atoms with Crippen LogP contribution in [0.15, 0.2) is 49.1 Å². The van der Waals surface area contributed by atoms with E-state index in [-0.39, 0.29) is 0 Å². The Balaban J connectivity index is 1.82. The third-order valence-electron chi connectivity index (χ3n) is 4.24. The van der Waals surface area contributed by atoms with Crippen molar-refractivity contribution in [1.82, 2.24) is 19.6 Å². The molecule has 26 heavy (non-hydrogen) atoms. The maximum atomic E-state index is 11.1. The molecule has 0 bridgehead atoms. The summed E-state index contributed by atoms with van der Waals surface area (Å²) in [6.45, 7) is 7.73. The van der Waals surface area contributed by atoms with Gasteiger partial charge in [0.1, 0.15) is 6.33 Å². The first-order valence-electron chi connectivity index (χ1n) is 8.61. The van der Waals surface area contributed by atoms with E-state index in [2.05, 4.69) is 53.3 Å². The van der Waals surface area contributed by atoms with Gasteiger partial charge in [0, 0.05) is 25.0 Å². The van der Waals surface area contributed by atoms with Gasteiger partial charge in [0.25, 0.3) is 5.91 Å². The third-order valence-corrected chi connectivity index (χ3v) is 4.24. The first-order valence-corrected chi connectivity index (χ1v) is 8.61. The highest BCUT2D eigenvalue weighted by Crippen LogP contribution is 2.22. The number of carbonyl (C=O) groups is 1. The highest BCUT2D eigenvalue weighted by molar-refractivity contribution is 5.91. The van der Waals surface area contributed by atoms with Gasteiger partial charge in [-0.2, -0.15) is 0 Å². The molecule has 0 aliphatic rings. The van der Waals surface area contributed by atoms with Gasteiger partial charge >= 0.3 is 0 Å². The summed E-state index contributed by atoms with van der Waals surface area (Å²) in [6.07, 6.45) is 10.1. The van der Waals surface area contributed by atoms with Crippen molar-refractivity contribution >= 4 is 23.0 Å². The zero-order chi connectivity index (χ0) is 18.7. The molecule has 0 aliphatic carbocycles. The second-order valence-electron chi connectivity index (χ2n) is 7.59. The summed E-state index contributed by atoms with van der Waals surface area (Å²) in [4.78, 5) is 15.6. The summed E-state index contributed by atoms with van der Waals surface area (Å²) >= 11 is 0. The van der Waals surface area contributed by atoms with Crippen molar-refractivity contribution in [2.45, 2.75) is 33.7 Å². The Morgan fingerprint density at radius 2 is 2.12 bits per heavy atom. The Kier molecular flexibility index (Phi) is 4.95. The number of rotatable bonds is 5.